The lowest BCUT2D eigenvalue weighted by Crippen LogP contribution is -2.12. The Morgan fingerprint density at radius 1 is 1.14 bits per heavy atom. The summed E-state index contributed by atoms with van der Waals surface area (Å²) < 4.78 is 38.7. The van der Waals surface area contributed by atoms with Crippen molar-refractivity contribution in [2.24, 2.45) is 0 Å². The predicted octanol–water partition coefficient (Wildman–Crippen LogP) is 0.565. The molecule has 3 rings (SSSR count). The number of rotatable bonds is 4. The number of tetrazole rings is 1. The van der Waals surface area contributed by atoms with Crippen LogP contribution in [0.5, 0.6) is 0 Å². The summed E-state index contributed by atoms with van der Waals surface area (Å²) in [5, 5.41) is 10.7. The summed E-state index contributed by atoms with van der Waals surface area (Å²) in [7, 11) is -3.73. The number of hydrogen-bond donors (Lipinski definition) is 0. The van der Waals surface area contributed by atoms with E-state index in [1.54, 1.807) is 0 Å². The van der Waals surface area contributed by atoms with Gasteiger partial charge in [0.05, 0.1) is 11.9 Å². The molecule has 2 heterocycles. The SMILES string of the molecule is O=S(=O)(Cc1nnnn1-c1ccc(F)cc1)c1cnccn1. The molecule has 0 spiro atoms. The summed E-state index contributed by atoms with van der Waals surface area (Å²) >= 11 is 0. The van der Waals surface area contributed by atoms with E-state index in [0.29, 0.717) is 5.69 Å². The van der Waals surface area contributed by atoms with Gasteiger partial charge in [-0.1, -0.05) is 0 Å². The monoisotopic (exact) mass is 320 g/mol. The fraction of sp³-hybridized carbons (Fsp3) is 0.0833. The minimum absolute atomic E-state index is 0.0947. The molecule has 0 radical (unpaired) electrons. The van der Waals surface area contributed by atoms with Crippen molar-refractivity contribution in [3.63, 3.8) is 0 Å². The zero-order chi connectivity index (χ0) is 15.6. The maximum absolute atomic E-state index is 12.9. The minimum atomic E-state index is -3.73. The van der Waals surface area contributed by atoms with Gasteiger partial charge in [0.1, 0.15) is 11.6 Å². The van der Waals surface area contributed by atoms with Gasteiger partial charge in [0, 0.05) is 12.4 Å². The second-order valence-corrected chi connectivity index (χ2v) is 6.22. The zero-order valence-corrected chi connectivity index (χ0v) is 11.9. The first-order valence-electron chi connectivity index (χ1n) is 6.08. The third-order valence-electron chi connectivity index (χ3n) is 2.78. The molecule has 3 aromatic rings. The van der Waals surface area contributed by atoms with Crippen molar-refractivity contribution in [1.82, 2.24) is 30.2 Å². The van der Waals surface area contributed by atoms with Crippen molar-refractivity contribution in [3.05, 3.63) is 54.5 Å². The van der Waals surface area contributed by atoms with Crippen LogP contribution in [0.25, 0.3) is 5.69 Å². The molecular formula is C12H9FN6O2S. The van der Waals surface area contributed by atoms with E-state index >= 15 is 0 Å². The molecule has 0 saturated heterocycles. The highest BCUT2D eigenvalue weighted by Crippen LogP contribution is 2.14. The number of nitrogens with zero attached hydrogens (tertiary/aromatic N) is 6. The Bertz CT molecular complexity index is 879. The van der Waals surface area contributed by atoms with Crippen LogP contribution in [-0.2, 0) is 15.6 Å². The molecule has 1 aromatic carbocycles. The number of sulfone groups is 1. The fourth-order valence-corrected chi connectivity index (χ4v) is 2.88. The Kier molecular flexibility index (Phi) is 3.59. The first-order chi connectivity index (χ1) is 10.6. The van der Waals surface area contributed by atoms with Crippen LogP contribution in [0.15, 0.2) is 47.9 Å². The van der Waals surface area contributed by atoms with E-state index in [0.717, 1.165) is 6.20 Å². The Morgan fingerprint density at radius 2 is 1.91 bits per heavy atom. The molecule has 0 aliphatic carbocycles. The minimum Gasteiger partial charge on any atom is -0.260 e. The third-order valence-corrected chi connectivity index (χ3v) is 4.27. The molecule has 0 saturated carbocycles. The zero-order valence-electron chi connectivity index (χ0n) is 11.0. The van der Waals surface area contributed by atoms with E-state index in [2.05, 4.69) is 25.5 Å². The lowest BCUT2D eigenvalue weighted by molar-refractivity contribution is 0.588. The van der Waals surface area contributed by atoms with Crippen LogP contribution in [0.1, 0.15) is 5.82 Å². The van der Waals surface area contributed by atoms with Crippen LogP contribution in [0.4, 0.5) is 4.39 Å². The summed E-state index contributed by atoms with van der Waals surface area (Å²) in [4.78, 5) is 7.50. The first-order valence-corrected chi connectivity index (χ1v) is 7.73. The molecule has 0 unspecified atom stereocenters. The van der Waals surface area contributed by atoms with E-state index < -0.39 is 21.4 Å². The molecule has 10 heteroatoms. The number of benzene rings is 1. The molecule has 0 aliphatic rings. The second kappa shape index (κ2) is 5.56. The number of halogens is 1. The molecule has 0 bridgehead atoms. The first kappa shape index (κ1) is 14.2. The Balaban J connectivity index is 1.95. The normalized spacial score (nSPS) is 11.5. The molecule has 112 valence electrons. The lowest BCUT2D eigenvalue weighted by Gasteiger charge is -2.05. The van der Waals surface area contributed by atoms with Crippen molar-refractivity contribution in [3.8, 4) is 5.69 Å². The van der Waals surface area contributed by atoms with E-state index in [9.17, 15) is 12.8 Å². The van der Waals surface area contributed by atoms with Crippen LogP contribution < -0.4 is 0 Å². The van der Waals surface area contributed by atoms with Gasteiger partial charge in [-0.25, -0.2) is 17.8 Å². The maximum Gasteiger partial charge on any atom is 0.204 e. The molecular weight excluding hydrogens is 311 g/mol. The largest absolute Gasteiger partial charge is 0.260 e. The van der Waals surface area contributed by atoms with Gasteiger partial charge in [-0.05, 0) is 34.7 Å². The van der Waals surface area contributed by atoms with E-state index in [1.165, 1.54) is 41.3 Å². The van der Waals surface area contributed by atoms with Crippen LogP contribution in [0.3, 0.4) is 0 Å². The molecule has 22 heavy (non-hydrogen) atoms. The van der Waals surface area contributed by atoms with Crippen molar-refractivity contribution in [2.75, 3.05) is 0 Å². The van der Waals surface area contributed by atoms with Gasteiger partial charge in [-0.2, -0.15) is 4.68 Å². The molecule has 0 atom stereocenters. The van der Waals surface area contributed by atoms with Gasteiger partial charge in [-0.3, -0.25) is 4.98 Å². The van der Waals surface area contributed by atoms with Crippen LogP contribution >= 0.6 is 0 Å². The van der Waals surface area contributed by atoms with Gasteiger partial charge >= 0.3 is 0 Å². The summed E-state index contributed by atoms with van der Waals surface area (Å²) in [5.41, 5.74) is 0.454. The molecule has 0 amide bonds. The summed E-state index contributed by atoms with van der Waals surface area (Å²) in [6.07, 6.45) is 3.82. The topological polar surface area (TPSA) is 104 Å². The van der Waals surface area contributed by atoms with Crippen molar-refractivity contribution in [2.45, 2.75) is 10.8 Å². The predicted molar refractivity (Wildman–Crippen MR) is 72.0 cm³/mol. The van der Waals surface area contributed by atoms with Crippen molar-refractivity contribution in [1.29, 1.82) is 0 Å². The quantitative estimate of drug-likeness (QED) is 0.692. The van der Waals surface area contributed by atoms with Gasteiger partial charge in [0.25, 0.3) is 0 Å². The summed E-state index contributed by atoms with van der Waals surface area (Å²) in [6, 6.07) is 5.37. The Morgan fingerprint density at radius 3 is 2.59 bits per heavy atom. The summed E-state index contributed by atoms with van der Waals surface area (Å²) in [5.74, 6) is -0.765. The van der Waals surface area contributed by atoms with E-state index in [-0.39, 0.29) is 10.9 Å². The summed E-state index contributed by atoms with van der Waals surface area (Å²) in [6.45, 7) is 0. The highest BCUT2D eigenvalue weighted by molar-refractivity contribution is 7.90. The molecule has 0 aliphatic heterocycles. The van der Waals surface area contributed by atoms with Crippen molar-refractivity contribution >= 4 is 9.84 Å². The maximum atomic E-state index is 12.9. The van der Waals surface area contributed by atoms with Gasteiger partial charge in [-0.15, -0.1) is 5.10 Å². The van der Waals surface area contributed by atoms with Gasteiger partial charge in [0.2, 0.25) is 9.84 Å². The molecule has 0 N–H and O–H groups in total. The van der Waals surface area contributed by atoms with Gasteiger partial charge in [0.15, 0.2) is 10.9 Å². The molecule has 2 aromatic heterocycles. The second-order valence-electron chi connectivity index (χ2n) is 4.29. The van der Waals surface area contributed by atoms with Crippen LogP contribution in [0, 0.1) is 5.82 Å². The van der Waals surface area contributed by atoms with E-state index in [1.807, 2.05) is 0 Å². The third kappa shape index (κ3) is 2.81. The highest BCUT2D eigenvalue weighted by atomic mass is 32.2. The molecule has 8 nitrogen and oxygen atoms in total. The van der Waals surface area contributed by atoms with Crippen molar-refractivity contribution < 1.29 is 12.8 Å². The average molecular weight is 320 g/mol. The van der Waals surface area contributed by atoms with Gasteiger partial charge < -0.3 is 0 Å². The Labute approximate surface area is 124 Å². The van der Waals surface area contributed by atoms with Crippen LogP contribution in [0.2, 0.25) is 0 Å². The standard InChI is InChI=1S/C12H9FN6O2S/c13-9-1-3-10(4-2-9)19-11(16-17-18-19)8-22(20,21)12-7-14-5-6-15-12/h1-7H,8H2. The highest BCUT2D eigenvalue weighted by Gasteiger charge is 2.22. The Hall–Kier alpha value is -2.75. The number of hydrogen-bond acceptors (Lipinski definition) is 7. The smallest absolute Gasteiger partial charge is 0.204 e. The van der Waals surface area contributed by atoms with Crippen LogP contribution in [-0.4, -0.2) is 38.6 Å². The average Bonchev–Trinajstić information content (AvgIpc) is 2.96. The molecule has 0 fully saturated rings. The fourth-order valence-electron chi connectivity index (χ4n) is 1.77. The van der Waals surface area contributed by atoms with E-state index in [4.69, 9.17) is 0 Å². The number of aromatic nitrogens is 6. The lowest BCUT2D eigenvalue weighted by atomic mass is 10.3.